The van der Waals surface area contributed by atoms with Crippen LogP contribution in [0.25, 0.3) is 0 Å². The summed E-state index contributed by atoms with van der Waals surface area (Å²) >= 11 is 5.05. The van der Waals surface area contributed by atoms with E-state index in [1.54, 1.807) is 17.8 Å². The average molecular weight is 312 g/mol. The molecule has 0 aliphatic rings. The van der Waals surface area contributed by atoms with E-state index in [2.05, 4.69) is 15.9 Å². The van der Waals surface area contributed by atoms with Crippen LogP contribution in [0, 0.1) is 5.82 Å². The largest absolute Gasteiger partial charge is 0.399 e. The Balaban J connectivity index is 2.10. The van der Waals surface area contributed by atoms with E-state index in [4.69, 9.17) is 5.73 Å². The highest BCUT2D eigenvalue weighted by molar-refractivity contribution is 9.10. The van der Waals surface area contributed by atoms with E-state index < -0.39 is 0 Å². The van der Waals surface area contributed by atoms with Crippen molar-refractivity contribution in [3.8, 4) is 0 Å². The molecule has 2 N–H and O–H groups in total. The van der Waals surface area contributed by atoms with Gasteiger partial charge in [0.1, 0.15) is 5.82 Å². The monoisotopic (exact) mass is 311 g/mol. The predicted octanol–water partition coefficient (Wildman–Crippen LogP) is 4.46. The van der Waals surface area contributed by atoms with Crippen molar-refractivity contribution in [2.75, 3.05) is 5.73 Å². The highest BCUT2D eigenvalue weighted by Crippen LogP contribution is 2.28. The Hall–Kier alpha value is -1.00. The van der Waals surface area contributed by atoms with Gasteiger partial charge in [-0.15, -0.1) is 11.8 Å². The molecule has 0 amide bonds. The Morgan fingerprint density at radius 3 is 2.65 bits per heavy atom. The molecule has 17 heavy (non-hydrogen) atoms. The first-order valence-electron chi connectivity index (χ1n) is 5.07. The lowest BCUT2D eigenvalue weighted by atomic mass is 10.2. The van der Waals surface area contributed by atoms with Crippen LogP contribution < -0.4 is 5.73 Å². The summed E-state index contributed by atoms with van der Waals surface area (Å²) in [6.07, 6.45) is 0. The summed E-state index contributed by atoms with van der Waals surface area (Å²) in [7, 11) is 0. The molecule has 0 fully saturated rings. The smallest absolute Gasteiger partial charge is 0.126 e. The molecule has 0 bridgehead atoms. The van der Waals surface area contributed by atoms with Crippen molar-refractivity contribution in [3.63, 3.8) is 0 Å². The fourth-order valence-corrected chi connectivity index (χ4v) is 3.04. The zero-order valence-electron chi connectivity index (χ0n) is 8.99. The van der Waals surface area contributed by atoms with Crippen molar-refractivity contribution in [1.29, 1.82) is 0 Å². The summed E-state index contributed by atoms with van der Waals surface area (Å²) in [5.74, 6) is 0.490. The third kappa shape index (κ3) is 3.48. The Morgan fingerprint density at radius 1 is 1.18 bits per heavy atom. The zero-order valence-corrected chi connectivity index (χ0v) is 11.4. The molecular formula is C13H11BrFNS. The lowest BCUT2D eigenvalue weighted by molar-refractivity contribution is 0.625. The number of nitrogen functional groups attached to an aromatic ring is 1. The quantitative estimate of drug-likeness (QED) is 0.669. The normalized spacial score (nSPS) is 10.5. The average Bonchev–Trinajstić information content (AvgIpc) is 2.27. The molecule has 88 valence electrons. The summed E-state index contributed by atoms with van der Waals surface area (Å²) in [6, 6.07) is 12.6. The van der Waals surface area contributed by atoms with Gasteiger partial charge in [-0.2, -0.15) is 0 Å². The summed E-state index contributed by atoms with van der Waals surface area (Å²) < 4.78 is 14.2. The minimum Gasteiger partial charge on any atom is -0.399 e. The van der Waals surface area contributed by atoms with Crippen LogP contribution in [0.4, 0.5) is 10.1 Å². The van der Waals surface area contributed by atoms with Crippen molar-refractivity contribution in [2.24, 2.45) is 0 Å². The van der Waals surface area contributed by atoms with Crippen LogP contribution in [-0.4, -0.2) is 0 Å². The summed E-state index contributed by atoms with van der Waals surface area (Å²) in [5.41, 5.74) is 7.23. The molecule has 1 nitrogen and oxygen atoms in total. The molecule has 4 heteroatoms. The molecule has 0 heterocycles. The Morgan fingerprint density at radius 2 is 1.94 bits per heavy atom. The van der Waals surface area contributed by atoms with E-state index in [9.17, 15) is 4.39 Å². The van der Waals surface area contributed by atoms with Gasteiger partial charge in [0, 0.05) is 20.8 Å². The van der Waals surface area contributed by atoms with Gasteiger partial charge in [0.25, 0.3) is 0 Å². The molecular weight excluding hydrogens is 301 g/mol. The van der Waals surface area contributed by atoms with E-state index in [0.29, 0.717) is 5.69 Å². The van der Waals surface area contributed by atoms with Crippen molar-refractivity contribution in [1.82, 2.24) is 0 Å². The Bertz CT molecular complexity index is 510. The molecule has 0 aromatic heterocycles. The van der Waals surface area contributed by atoms with Gasteiger partial charge < -0.3 is 5.73 Å². The number of hydrogen-bond donors (Lipinski definition) is 1. The lowest BCUT2D eigenvalue weighted by Gasteiger charge is -2.05. The van der Waals surface area contributed by atoms with Gasteiger partial charge in [0.05, 0.1) is 0 Å². The van der Waals surface area contributed by atoms with Gasteiger partial charge in [-0.05, 0) is 29.8 Å². The standard InChI is InChI=1S/C13H11BrFNS/c14-13-4-2-1-3-9(13)8-17-12-6-10(15)5-11(16)7-12/h1-7H,8,16H2. The molecule has 2 rings (SSSR count). The number of rotatable bonds is 3. The van der Waals surface area contributed by atoms with Crippen molar-refractivity contribution < 1.29 is 4.39 Å². The number of hydrogen-bond acceptors (Lipinski definition) is 2. The van der Waals surface area contributed by atoms with E-state index in [0.717, 1.165) is 15.1 Å². The minimum absolute atomic E-state index is 0.292. The molecule has 0 saturated heterocycles. The van der Waals surface area contributed by atoms with E-state index >= 15 is 0 Å². The first-order valence-corrected chi connectivity index (χ1v) is 6.85. The van der Waals surface area contributed by atoms with Crippen molar-refractivity contribution >= 4 is 33.4 Å². The van der Waals surface area contributed by atoms with E-state index in [1.165, 1.54) is 17.7 Å². The second-order valence-electron chi connectivity index (χ2n) is 3.60. The zero-order chi connectivity index (χ0) is 12.3. The first-order chi connectivity index (χ1) is 8.15. The van der Waals surface area contributed by atoms with Gasteiger partial charge in [-0.1, -0.05) is 34.1 Å². The topological polar surface area (TPSA) is 26.0 Å². The van der Waals surface area contributed by atoms with Gasteiger partial charge in [0.2, 0.25) is 0 Å². The maximum absolute atomic E-state index is 13.1. The molecule has 2 aromatic carbocycles. The molecule has 0 unspecified atom stereocenters. The van der Waals surface area contributed by atoms with Crippen LogP contribution >= 0.6 is 27.7 Å². The van der Waals surface area contributed by atoms with E-state index in [-0.39, 0.29) is 5.82 Å². The van der Waals surface area contributed by atoms with Crippen LogP contribution in [0.3, 0.4) is 0 Å². The highest BCUT2D eigenvalue weighted by atomic mass is 79.9. The van der Waals surface area contributed by atoms with Crippen molar-refractivity contribution in [3.05, 3.63) is 58.3 Å². The molecule has 0 saturated carbocycles. The van der Waals surface area contributed by atoms with Gasteiger partial charge >= 0.3 is 0 Å². The number of thioether (sulfide) groups is 1. The first kappa shape index (κ1) is 12.5. The molecule has 0 radical (unpaired) electrons. The minimum atomic E-state index is -0.292. The lowest BCUT2D eigenvalue weighted by Crippen LogP contribution is -1.88. The summed E-state index contributed by atoms with van der Waals surface area (Å²) in [5, 5.41) is 0. The third-order valence-electron chi connectivity index (χ3n) is 2.25. The van der Waals surface area contributed by atoms with E-state index in [1.807, 2.05) is 24.3 Å². The van der Waals surface area contributed by atoms with Crippen LogP contribution in [-0.2, 0) is 5.75 Å². The molecule has 0 aliphatic heterocycles. The molecule has 0 aliphatic carbocycles. The maximum Gasteiger partial charge on any atom is 0.126 e. The maximum atomic E-state index is 13.1. The second-order valence-corrected chi connectivity index (χ2v) is 5.50. The summed E-state index contributed by atoms with van der Waals surface area (Å²) in [4.78, 5) is 0.846. The second kappa shape index (κ2) is 5.56. The van der Waals surface area contributed by atoms with Gasteiger partial charge in [0.15, 0.2) is 0 Å². The Labute approximate surface area is 112 Å². The Kier molecular flexibility index (Phi) is 4.07. The van der Waals surface area contributed by atoms with Crippen LogP contribution in [0.5, 0.6) is 0 Å². The van der Waals surface area contributed by atoms with Crippen molar-refractivity contribution in [2.45, 2.75) is 10.6 Å². The number of benzene rings is 2. The van der Waals surface area contributed by atoms with Gasteiger partial charge in [-0.25, -0.2) is 4.39 Å². The molecule has 0 spiro atoms. The number of nitrogens with two attached hydrogens (primary N) is 1. The number of anilines is 1. The highest BCUT2D eigenvalue weighted by Gasteiger charge is 2.02. The van der Waals surface area contributed by atoms with Crippen LogP contribution in [0.1, 0.15) is 5.56 Å². The summed E-state index contributed by atoms with van der Waals surface area (Å²) in [6.45, 7) is 0. The number of halogens is 2. The van der Waals surface area contributed by atoms with Crippen LogP contribution in [0.15, 0.2) is 51.8 Å². The third-order valence-corrected chi connectivity index (χ3v) is 4.04. The van der Waals surface area contributed by atoms with Gasteiger partial charge in [-0.3, -0.25) is 0 Å². The molecule has 2 aromatic rings. The molecule has 0 atom stereocenters. The van der Waals surface area contributed by atoms with Crippen LogP contribution in [0.2, 0.25) is 0 Å². The fourth-order valence-electron chi connectivity index (χ4n) is 1.44. The fraction of sp³-hybridized carbons (Fsp3) is 0.0769. The SMILES string of the molecule is Nc1cc(F)cc(SCc2ccccc2Br)c1. The predicted molar refractivity (Wildman–Crippen MR) is 74.5 cm³/mol.